The molecular weight excluding hydrogens is 480 g/mol. The highest BCUT2D eigenvalue weighted by Crippen LogP contribution is 2.57. The monoisotopic (exact) mass is 514 g/mol. The zero-order valence-electron chi connectivity index (χ0n) is 22.5. The van der Waals surface area contributed by atoms with Crippen molar-refractivity contribution in [3.63, 3.8) is 0 Å². The van der Waals surface area contributed by atoms with Crippen LogP contribution >= 0.6 is 0 Å². The number of allylic oxidation sites excluding steroid dienone is 2. The predicted molar refractivity (Wildman–Crippen MR) is 144 cm³/mol. The van der Waals surface area contributed by atoms with Crippen LogP contribution in [-0.2, 0) is 34.1 Å². The molecule has 0 radical (unpaired) electrons. The third-order valence-electron chi connectivity index (χ3n) is 7.93. The molecule has 2 atom stereocenters. The molecule has 2 aromatic rings. The lowest BCUT2D eigenvalue weighted by molar-refractivity contribution is -0.141. The van der Waals surface area contributed by atoms with Crippen LogP contribution in [0.15, 0.2) is 82.6 Å². The fourth-order valence-electron chi connectivity index (χ4n) is 6.33. The van der Waals surface area contributed by atoms with E-state index in [9.17, 15) is 9.59 Å². The molecule has 0 aromatic heterocycles. The summed E-state index contributed by atoms with van der Waals surface area (Å²) in [5, 5.41) is 0. The van der Waals surface area contributed by atoms with Crippen LogP contribution in [0, 0.1) is 5.92 Å². The van der Waals surface area contributed by atoms with Gasteiger partial charge in [-0.2, -0.15) is 0 Å². The number of carbonyl (C=O) groups is 2. The Morgan fingerprint density at radius 2 is 1.68 bits per heavy atom. The van der Waals surface area contributed by atoms with E-state index in [2.05, 4.69) is 6.92 Å². The van der Waals surface area contributed by atoms with Gasteiger partial charge in [-0.1, -0.05) is 67.9 Å². The number of methoxy groups -OCH3 is 3. The quantitative estimate of drug-likeness (QED) is 0.409. The van der Waals surface area contributed by atoms with Crippen molar-refractivity contribution in [1.29, 1.82) is 0 Å². The standard InChI is InChI=1S/C32H34O6/c1-5-6-15-24-28(35-2)22-18-12-17-21(22)26(30(33)36-3)27(31(34)37-4)32(20-13-8-7-9-14-20)25-19-11-10-16-23(25)29(24)38-32/h7-11,13-14,16,19,21H,5-6,12,15,17-18H2,1-4H3/b27-26+,28-22+,29-24?/t21-,32-/m0/s1. The average molecular weight is 515 g/mol. The van der Waals surface area contributed by atoms with E-state index >= 15 is 0 Å². The molecule has 38 heavy (non-hydrogen) atoms. The van der Waals surface area contributed by atoms with Crippen molar-refractivity contribution in [1.82, 2.24) is 0 Å². The maximum atomic E-state index is 13.9. The van der Waals surface area contributed by atoms with Crippen LogP contribution in [0.25, 0.3) is 5.76 Å². The molecule has 6 nitrogen and oxygen atoms in total. The summed E-state index contributed by atoms with van der Waals surface area (Å²) in [7, 11) is 4.36. The van der Waals surface area contributed by atoms with Gasteiger partial charge in [-0.15, -0.1) is 0 Å². The smallest absolute Gasteiger partial charge is 0.339 e. The number of hydrogen-bond acceptors (Lipinski definition) is 6. The van der Waals surface area contributed by atoms with Crippen molar-refractivity contribution in [3.8, 4) is 0 Å². The first kappa shape index (κ1) is 25.8. The summed E-state index contributed by atoms with van der Waals surface area (Å²) >= 11 is 0. The molecule has 0 saturated heterocycles. The number of carbonyl (C=O) groups excluding carboxylic acids is 2. The first-order valence-corrected chi connectivity index (χ1v) is 13.3. The highest BCUT2D eigenvalue weighted by atomic mass is 16.5. The maximum Gasteiger partial charge on any atom is 0.339 e. The van der Waals surface area contributed by atoms with Gasteiger partial charge in [0.25, 0.3) is 0 Å². The van der Waals surface area contributed by atoms with Gasteiger partial charge in [0.15, 0.2) is 5.60 Å². The molecule has 1 saturated carbocycles. The molecule has 2 heterocycles. The van der Waals surface area contributed by atoms with E-state index in [1.165, 1.54) is 14.2 Å². The van der Waals surface area contributed by atoms with Gasteiger partial charge in [0.05, 0.1) is 26.9 Å². The first-order chi connectivity index (χ1) is 18.5. The number of fused-ring (bicyclic) bond motifs is 6. The number of benzene rings is 2. The molecule has 0 N–H and O–H groups in total. The van der Waals surface area contributed by atoms with Crippen LogP contribution in [0.3, 0.4) is 0 Å². The second-order valence-electron chi connectivity index (χ2n) is 9.88. The van der Waals surface area contributed by atoms with Crippen molar-refractivity contribution in [2.75, 3.05) is 21.3 Å². The normalized spacial score (nSPS) is 25.9. The lowest BCUT2D eigenvalue weighted by Gasteiger charge is -2.34. The van der Waals surface area contributed by atoms with E-state index in [-0.39, 0.29) is 17.1 Å². The molecule has 198 valence electrons. The number of esters is 2. The van der Waals surface area contributed by atoms with Crippen molar-refractivity contribution in [2.45, 2.75) is 51.0 Å². The molecule has 0 unspecified atom stereocenters. The summed E-state index contributed by atoms with van der Waals surface area (Å²) in [4.78, 5) is 27.6. The summed E-state index contributed by atoms with van der Waals surface area (Å²) in [5.74, 6) is -0.110. The summed E-state index contributed by atoms with van der Waals surface area (Å²) in [6.45, 7) is 2.16. The van der Waals surface area contributed by atoms with Crippen molar-refractivity contribution >= 4 is 17.7 Å². The van der Waals surface area contributed by atoms with Gasteiger partial charge in [0.2, 0.25) is 0 Å². The Balaban J connectivity index is 2.02. The van der Waals surface area contributed by atoms with Crippen LogP contribution in [-0.4, -0.2) is 33.3 Å². The number of rotatable bonds is 7. The SMILES string of the molecule is CCCCC1=C2O[C@](c3ccccc3)(/C(C(=O)OC)=C(/C(=O)OC)[C@H]3CCC/C3=C/1OC)c1ccccc12. The third-order valence-corrected chi connectivity index (χ3v) is 7.93. The lowest BCUT2D eigenvalue weighted by Crippen LogP contribution is -2.37. The van der Waals surface area contributed by atoms with E-state index in [1.54, 1.807) is 7.11 Å². The summed E-state index contributed by atoms with van der Waals surface area (Å²) in [5.41, 5.74) is 3.41. The Kier molecular flexibility index (Phi) is 7.15. The predicted octanol–water partition coefficient (Wildman–Crippen LogP) is 6.22. The topological polar surface area (TPSA) is 71.1 Å². The van der Waals surface area contributed by atoms with Crippen LogP contribution in [0.2, 0.25) is 0 Å². The second kappa shape index (κ2) is 10.5. The zero-order chi connectivity index (χ0) is 26.9. The highest BCUT2D eigenvalue weighted by molar-refractivity contribution is 6.04. The number of unbranched alkanes of at least 4 members (excludes halogenated alkanes) is 1. The van der Waals surface area contributed by atoms with Crippen LogP contribution in [0.1, 0.15) is 62.1 Å². The molecule has 3 aliphatic rings. The van der Waals surface area contributed by atoms with Crippen LogP contribution < -0.4 is 0 Å². The summed E-state index contributed by atoms with van der Waals surface area (Å²) in [6.07, 6.45) is 4.99. The van der Waals surface area contributed by atoms with E-state index in [0.29, 0.717) is 12.2 Å². The Morgan fingerprint density at radius 3 is 2.37 bits per heavy atom. The Hall–Kier alpha value is -3.80. The van der Waals surface area contributed by atoms with E-state index in [0.717, 1.165) is 65.7 Å². The Bertz CT molecular complexity index is 1350. The molecule has 5 rings (SSSR count). The molecule has 6 heteroatoms. The average Bonchev–Trinajstić information content (AvgIpc) is 3.57. The number of ether oxygens (including phenoxy) is 4. The molecular formula is C32H34O6. The largest absolute Gasteiger partial charge is 0.496 e. The number of hydrogen-bond donors (Lipinski definition) is 0. The van der Waals surface area contributed by atoms with Crippen LogP contribution in [0.5, 0.6) is 0 Å². The van der Waals surface area contributed by atoms with Crippen molar-refractivity contribution in [3.05, 3.63) is 99.3 Å². The van der Waals surface area contributed by atoms with Gasteiger partial charge in [-0.3, -0.25) is 0 Å². The minimum atomic E-state index is -1.40. The Labute approximate surface area is 223 Å². The summed E-state index contributed by atoms with van der Waals surface area (Å²) < 4.78 is 24.0. The van der Waals surface area contributed by atoms with E-state index in [1.807, 2.05) is 54.6 Å². The zero-order valence-corrected chi connectivity index (χ0v) is 22.5. The van der Waals surface area contributed by atoms with Gasteiger partial charge >= 0.3 is 11.9 Å². The molecule has 2 aromatic carbocycles. The van der Waals surface area contributed by atoms with E-state index in [4.69, 9.17) is 18.9 Å². The molecule has 0 spiro atoms. The maximum absolute atomic E-state index is 13.9. The van der Waals surface area contributed by atoms with Gasteiger partial charge in [-0.05, 0) is 37.7 Å². The molecule has 1 aliphatic carbocycles. The highest BCUT2D eigenvalue weighted by Gasteiger charge is 2.56. The second-order valence-corrected chi connectivity index (χ2v) is 9.88. The van der Waals surface area contributed by atoms with Crippen molar-refractivity contribution < 1.29 is 28.5 Å². The van der Waals surface area contributed by atoms with Gasteiger partial charge in [0.1, 0.15) is 17.1 Å². The molecule has 2 aliphatic heterocycles. The van der Waals surface area contributed by atoms with Gasteiger partial charge in [-0.25, -0.2) is 9.59 Å². The molecule has 2 bridgehead atoms. The van der Waals surface area contributed by atoms with Crippen LogP contribution in [0.4, 0.5) is 0 Å². The summed E-state index contributed by atoms with van der Waals surface area (Å²) in [6, 6.07) is 17.5. The minimum absolute atomic E-state index is 0.164. The fourth-order valence-corrected chi connectivity index (χ4v) is 6.33. The lowest BCUT2D eigenvalue weighted by atomic mass is 9.74. The van der Waals surface area contributed by atoms with Gasteiger partial charge in [0, 0.05) is 28.2 Å². The first-order valence-electron chi connectivity index (χ1n) is 13.3. The third kappa shape index (κ3) is 3.85. The molecule has 1 fully saturated rings. The van der Waals surface area contributed by atoms with E-state index < -0.39 is 17.5 Å². The van der Waals surface area contributed by atoms with Crippen molar-refractivity contribution in [2.24, 2.45) is 5.92 Å². The minimum Gasteiger partial charge on any atom is -0.496 e. The Morgan fingerprint density at radius 1 is 0.974 bits per heavy atom. The van der Waals surface area contributed by atoms with Gasteiger partial charge < -0.3 is 18.9 Å². The molecule has 0 amide bonds. The fraction of sp³-hybridized carbons (Fsp3) is 0.375.